The van der Waals surface area contributed by atoms with Gasteiger partial charge in [0.25, 0.3) is 5.91 Å². The molecule has 0 aliphatic carbocycles. The Morgan fingerprint density at radius 1 is 0.821 bits per heavy atom. The van der Waals surface area contributed by atoms with E-state index in [2.05, 4.69) is 30.2 Å². The molecular formula is C21H16N6O. The quantitative estimate of drug-likeness (QED) is 0.582. The zero-order chi connectivity index (χ0) is 19.2. The van der Waals surface area contributed by atoms with Crippen molar-refractivity contribution in [2.75, 3.05) is 0 Å². The van der Waals surface area contributed by atoms with Gasteiger partial charge in [-0.15, -0.1) is 0 Å². The molecule has 0 aliphatic heterocycles. The fraction of sp³-hybridized carbons (Fsp3) is 0.0476. The van der Waals surface area contributed by atoms with Crippen LogP contribution in [0.3, 0.4) is 0 Å². The van der Waals surface area contributed by atoms with Gasteiger partial charge in [-0.3, -0.25) is 19.7 Å². The van der Waals surface area contributed by atoms with Gasteiger partial charge in [-0.25, -0.2) is 9.97 Å². The second-order valence-corrected chi connectivity index (χ2v) is 5.95. The highest BCUT2D eigenvalue weighted by atomic mass is 16.1. The number of pyridine rings is 3. The second-order valence-electron chi connectivity index (χ2n) is 5.95. The smallest absolute Gasteiger partial charge is 0.272 e. The van der Waals surface area contributed by atoms with Crippen LogP contribution in [0.1, 0.15) is 16.1 Å². The molecule has 7 nitrogen and oxygen atoms in total. The van der Waals surface area contributed by atoms with E-state index in [4.69, 9.17) is 0 Å². The summed E-state index contributed by atoms with van der Waals surface area (Å²) in [5.74, 6) is -0.323. The highest BCUT2D eigenvalue weighted by Crippen LogP contribution is 2.22. The average molecular weight is 368 g/mol. The molecule has 4 rings (SSSR count). The summed E-state index contributed by atoms with van der Waals surface area (Å²) in [4.78, 5) is 34.4. The van der Waals surface area contributed by atoms with Crippen LogP contribution in [0.15, 0.2) is 79.6 Å². The molecule has 0 radical (unpaired) electrons. The van der Waals surface area contributed by atoms with Gasteiger partial charge in [-0.1, -0.05) is 6.07 Å². The third-order valence-electron chi connectivity index (χ3n) is 4.05. The monoisotopic (exact) mass is 368 g/mol. The molecule has 1 amide bonds. The van der Waals surface area contributed by atoms with E-state index in [9.17, 15) is 4.79 Å². The van der Waals surface area contributed by atoms with E-state index >= 15 is 0 Å². The van der Waals surface area contributed by atoms with Gasteiger partial charge in [-0.2, -0.15) is 0 Å². The number of nitrogens with one attached hydrogen (secondary N) is 1. The van der Waals surface area contributed by atoms with Crippen molar-refractivity contribution in [2.45, 2.75) is 6.54 Å². The molecule has 0 aromatic carbocycles. The van der Waals surface area contributed by atoms with Crippen molar-refractivity contribution < 1.29 is 4.79 Å². The van der Waals surface area contributed by atoms with Crippen LogP contribution in [0.4, 0.5) is 0 Å². The van der Waals surface area contributed by atoms with Crippen molar-refractivity contribution in [3.05, 3.63) is 90.9 Å². The molecule has 0 saturated heterocycles. The van der Waals surface area contributed by atoms with Gasteiger partial charge < -0.3 is 5.32 Å². The van der Waals surface area contributed by atoms with Crippen LogP contribution in [0.25, 0.3) is 22.6 Å². The van der Waals surface area contributed by atoms with Crippen molar-refractivity contribution in [1.29, 1.82) is 0 Å². The zero-order valence-electron chi connectivity index (χ0n) is 14.9. The second kappa shape index (κ2) is 8.13. The van der Waals surface area contributed by atoms with Crippen LogP contribution < -0.4 is 5.32 Å². The van der Waals surface area contributed by atoms with E-state index in [0.717, 1.165) is 11.1 Å². The number of nitrogens with zero attached hydrogens (tertiary/aromatic N) is 5. The van der Waals surface area contributed by atoms with Gasteiger partial charge in [0, 0.05) is 43.1 Å². The standard InChI is InChI=1S/C21H16N6O/c28-21(26-12-15-6-10-22-11-7-15)20-19(17-5-1-2-9-24-17)25-14-18(27-20)16-4-3-8-23-13-16/h1-11,13-14H,12H2,(H,26,28). The summed E-state index contributed by atoms with van der Waals surface area (Å²) >= 11 is 0. The normalized spacial score (nSPS) is 10.4. The maximum Gasteiger partial charge on any atom is 0.272 e. The van der Waals surface area contributed by atoms with Crippen molar-refractivity contribution in [3.63, 3.8) is 0 Å². The topological polar surface area (TPSA) is 93.6 Å². The molecule has 4 aromatic rings. The zero-order valence-corrected chi connectivity index (χ0v) is 14.9. The number of rotatable bonds is 5. The van der Waals surface area contributed by atoms with Crippen LogP contribution in [0, 0.1) is 0 Å². The van der Waals surface area contributed by atoms with Gasteiger partial charge >= 0.3 is 0 Å². The highest BCUT2D eigenvalue weighted by Gasteiger charge is 2.18. The van der Waals surface area contributed by atoms with Crippen molar-refractivity contribution in [2.24, 2.45) is 0 Å². The Balaban J connectivity index is 1.70. The fourth-order valence-corrected chi connectivity index (χ4v) is 2.66. The van der Waals surface area contributed by atoms with Gasteiger partial charge in [-0.05, 0) is 42.0 Å². The molecule has 0 atom stereocenters. The Bertz CT molecular complexity index is 1070. The van der Waals surface area contributed by atoms with Crippen molar-refractivity contribution in [3.8, 4) is 22.6 Å². The number of hydrogen-bond donors (Lipinski definition) is 1. The summed E-state index contributed by atoms with van der Waals surface area (Å²) in [6, 6.07) is 12.8. The first-order chi connectivity index (χ1) is 13.8. The average Bonchev–Trinajstić information content (AvgIpc) is 2.79. The van der Waals surface area contributed by atoms with Crippen LogP contribution in [0.5, 0.6) is 0 Å². The first-order valence-electron chi connectivity index (χ1n) is 8.67. The van der Waals surface area contributed by atoms with Crippen molar-refractivity contribution in [1.82, 2.24) is 30.2 Å². The number of hydrogen-bond acceptors (Lipinski definition) is 6. The molecule has 28 heavy (non-hydrogen) atoms. The molecule has 7 heteroatoms. The van der Waals surface area contributed by atoms with Gasteiger partial charge in [0.1, 0.15) is 5.69 Å². The lowest BCUT2D eigenvalue weighted by atomic mass is 10.1. The number of carbonyl (C=O) groups excluding carboxylic acids is 1. The molecular weight excluding hydrogens is 352 g/mol. The molecule has 0 saturated carbocycles. The minimum absolute atomic E-state index is 0.217. The maximum absolute atomic E-state index is 12.9. The van der Waals surface area contributed by atoms with E-state index < -0.39 is 0 Å². The Morgan fingerprint density at radius 2 is 1.71 bits per heavy atom. The van der Waals surface area contributed by atoms with Crippen LogP contribution >= 0.6 is 0 Å². The Hall–Kier alpha value is -4.00. The Labute approximate surface area is 161 Å². The minimum Gasteiger partial charge on any atom is -0.347 e. The first kappa shape index (κ1) is 17.4. The lowest BCUT2D eigenvalue weighted by Crippen LogP contribution is -2.25. The highest BCUT2D eigenvalue weighted by molar-refractivity contribution is 5.98. The number of carbonyl (C=O) groups is 1. The molecule has 1 N–H and O–H groups in total. The molecule has 4 heterocycles. The summed E-state index contributed by atoms with van der Waals surface area (Å²) < 4.78 is 0. The molecule has 0 bridgehead atoms. The molecule has 0 unspecified atom stereocenters. The van der Waals surface area contributed by atoms with Gasteiger partial charge in [0.2, 0.25) is 0 Å². The molecule has 0 aliphatic rings. The molecule has 0 fully saturated rings. The molecule has 136 valence electrons. The van der Waals surface area contributed by atoms with Crippen molar-refractivity contribution >= 4 is 5.91 Å². The van der Waals surface area contributed by atoms with Gasteiger partial charge in [0.15, 0.2) is 5.69 Å². The summed E-state index contributed by atoms with van der Waals surface area (Å²) in [6.07, 6.45) is 10.0. The summed E-state index contributed by atoms with van der Waals surface area (Å²) in [7, 11) is 0. The fourth-order valence-electron chi connectivity index (χ4n) is 2.66. The molecule has 4 aromatic heterocycles. The predicted octanol–water partition coefficient (Wildman–Crippen LogP) is 2.93. The van der Waals surface area contributed by atoms with E-state index in [0.29, 0.717) is 23.6 Å². The summed E-state index contributed by atoms with van der Waals surface area (Å²) in [6.45, 7) is 0.363. The summed E-state index contributed by atoms with van der Waals surface area (Å²) in [5.41, 5.74) is 3.53. The number of aromatic nitrogens is 5. The predicted molar refractivity (Wildman–Crippen MR) is 104 cm³/mol. The third kappa shape index (κ3) is 3.88. The van der Waals surface area contributed by atoms with E-state index in [1.165, 1.54) is 0 Å². The minimum atomic E-state index is -0.323. The maximum atomic E-state index is 12.9. The SMILES string of the molecule is O=C(NCc1ccncc1)c1nc(-c2cccnc2)cnc1-c1ccccn1. The van der Waals surface area contributed by atoms with Crippen LogP contribution in [0.2, 0.25) is 0 Å². The summed E-state index contributed by atoms with van der Waals surface area (Å²) in [5, 5.41) is 2.89. The van der Waals surface area contributed by atoms with Crippen LogP contribution in [-0.2, 0) is 6.54 Å². The lowest BCUT2D eigenvalue weighted by Gasteiger charge is -2.10. The lowest BCUT2D eigenvalue weighted by molar-refractivity contribution is 0.0946. The van der Waals surface area contributed by atoms with E-state index in [1.807, 2.05) is 36.4 Å². The Morgan fingerprint density at radius 3 is 2.46 bits per heavy atom. The largest absolute Gasteiger partial charge is 0.347 e. The number of amides is 1. The van der Waals surface area contributed by atoms with Gasteiger partial charge in [0.05, 0.1) is 17.6 Å². The van der Waals surface area contributed by atoms with E-state index in [-0.39, 0.29) is 11.6 Å². The first-order valence-corrected chi connectivity index (χ1v) is 8.67. The van der Waals surface area contributed by atoms with E-state index in [1.54, 1.807) is 43.2 Å². The third-order valence-corrected chi connectivity index (χ3v) is 4.05. The Kier molecular flexibility index (Phi) is 5.06. The van der Waals surface area contributed by atoms with Crippen LogP contribution in [-0.4, -0.2) is 30.8 Å². The molecule has 0 spiro atoms.